The number of para-hydroxylation sites is 1. The summed E-state index contributed by atoms with van der Waals surface area (Å²) in [4.78, 5) is 27.7. The minimum absolute atomic E-state index is 0.0216. The highest BCUT2D eigenvalue weighted by Gasteiger charge is 2.41. The number of carbonyl (C=O) groups excluding carboxylic acids is 2. The Balaban J connectivity index is 1.62. The molecule has 4 N–H and O–H groups in total. The van der Waals surface area contributed by atoms with Crippen LogP contribution in [0.4, 0.5) is 24.5 Å². The van der Waals surface area contributed by atoms with Crippen LogP contribution in [0.1, 0.15) is 30.5 Å². The number of ketones is 1. The van der Waals surface area contributed by atoms with Gasteiger partial charge in [-0.3, -0.25) is 14.6 Å². The number of aromatic nitrogens is 1. The number of pyridine rings is 1. The first-order chi connectivity index (χ1) is 13.2. The first-order valence-corrected chi connectivity index (χ1v) is 8.64. The van der Waals surface area contributed by atoms with E-state index in [0.717, 1.165) is 6.07 Å². The lowest BCUT2D eigenvalue weighted by Gasteiger charge is -2.21. The van der Waals surface area contributed by atoms with Gasteiger partial charge in [0.05, 0.1) is 35.4 Å². The molecule has 1 fully saturated rings. The SMILES string of the molecule is NC1(C(=O)NCc2ccc(Nc3ccccc3C(F)(F)F)cn2)CCC(=O)C1. The van der Waals surface area contributed by atoms with Gasteiger partial charge >= 0.3 is 6.18 Å². The number of Topliss-reactive ketones (excluding diaryl/α,β-unsaturated/α-hetero) is 1. The number of nitrogens with one attached hydrogen (secondary N) is 2. The van der Waals surface area contributed by atoms with Crippen LogP contribution in [0.2, 0.25) is 0 Å². The Morgan fingerprint density at radius 1 is 1.21 bits per heavy atom. The minimum Gasteiger partial charge on any atom is -0.354 e. The number of hydrogen-bond donors (Lipinski definition) is 3. The highest BCUT2D eigenvalue weighted by atomic mass is 19.4. The summed E-state index contributed by atoms with van der Waals surface area (Å²) in [6.45, 7) is 0.103. The third-order valence-electron chi connectivity index (χ3n) is 4.58. The number of hydrogen-bond acceptors (Lipinski definition) is 5. The molecule has 1 amide bonds. The van der Waals surface area contributed by atoms with Crippen LogP contribution in [-0.2, 0) is 22.3 Å². The van der Waals surface area contributed by atoms with E-state index < -0.39 is 23.2 Å². The fourth-order valence-corrected chi connectivity index (χ4v) is 3.03. The second-order valence-corrected chi connectivity index (χ2v) is 6.76. The van der Waals surface area contributed by atoms with Crippen molar-refractivity contribution in [1.29, 1.82) is 0 Å². The van der Waals surface area contributed by atoms with Gasteiger partial charge in [-0.1, -0.05) is 12.1 Å². The Bertz CT molecular complexity index is 883. The Hall–Kier alpha value is -2.94. The third kappa shape index (κ3) is 4.48. The molecule has 0 aliphatic heterocycles. The number of amides is 1. The van der Waals surface area contributed by atoms with Gasteiger partial charge in [-0.2, -0.15) is 13.2 Å². The van der Waals surface area contributed by atoms with Gasteiger partial charge in [0.25, 0.3) is 0 Å². The quantitative estimate of drug-likeness (QED) is 0.727. The zero-order valence-electron chi connectivity index (χ0n) is 14.8. The third-order valence-corrected chi connectivity index (χ3v) is 4.58. The van der Waals surface area contributed by atoms with Crippen molar-refractivity contribution in [2.24, 2.45) is 5.73 Å². The Morgan fingerprint density at radius 2 is 1.96 bits per heavy atom. The maximum atomic E-state index is 13.0. The molecule has 0 radical (unpaired) electrons. The van der Waals surface area contributed by atoms with Crippen molar-refractivity contribution in [2.45, 2.75) is 37.5 Å². The molecule has 1 aliphatic carbocycles. The minimum atomic E-state index is -4.47. The second-order valence-electron chi connectivity index (χ2n) is 6.76. The summed E-state index contributed by atoms with van der Waals surface area (Å²) in [5.41, 5.74) is 4.82. The molecule has 1 heterocycles. The normalized spacial score (nSPS) is 19.5. The van der Waals surface area contributed by atoms with E-state index in [-0.39, 0.29) is 24.4 Å². The Kier molecular flexibility index (Phi) is 5.37. The average molecular weight is 392 g/mol. The van der Waals surface area contributed by atoms with Crippen molar-refractivity contribution in [3.05, 3.63) is 53.9 Å². The fraction of sp³-hybridized carbons (Fsp3) is 0.316. The molecule has 28 heavy (non-hydrogen) atoms. The standard InChI is InChI=1S/C19H19F3N4O2/c20-19(21,22)15-3-1-2-4-16(15)26-13-6-5-12(24-11-13)10-25-17(28)18(23)8-7-14(27)9-18/h1-6,11,26H,7-10,23H2,(H,25,28). The summed E-state index contributed by atoms with van der Waals surface area (Å²) >= 11 is 0. The largest absolute Gasteiger partial charge is 0.418 e. The number of alkyl halides is 3. The van der Waals surface area contributed by atoms with E-state index in [2.05, 4.69) is 15.6 Å². The predicted octanol–water partition coefficient (Wildman–Crippen LogP) is 2.91. The zero-order chi connectivity index (χ0) is 20.4. The van der Waals surface area contributed by atoms with Crippen LogP contribution in [0.25, 0.3) is 0 Å². The van der Waals surface area contributed by atoms with Gasteiger partial charge in [0.2, 0.25) is 5.91 Å². The summed E-state index contributed by atoms with van der Waals surface area (Å²) in [7, 11) is 0. The van der Waals surface area contributed by atoms with Gasteiger partial charge in [0.15, 0.2) is 0 Å². The van der Waals surface area contributed by atoms with Gasteiger partial charge < -0.3 is 16.4 Å². The second kappa shape index (κ2) is 7.59. The van der Waals surface area contributed by atoms with Crippen LogP contribution in [0.3, 0.4) is 0 Å². The number of nitrogens with zero attached hydrogens (tertiary/aromatic N) is 1. The van der Waals surface area contributed by atoms with Gasteiger partial charge in [-0.05, 0) is 30.7 Å². The van der Waals surface area contributed by atoms with Gasteiger partial charge in [-0.15, -0.1) is 0 Å². The smallest absolute Gasteiger partial charge is 0.354 e. The highest BCUT2D eigenvalue weighted by Crippen LogP contribution is 2.35. The number of halogens is 3. The van der Waals surface area contributed by atoms with Crippen LogP contribution in [0.15, 0.2) is 42.6 Å². The molecule has 1 aliphatic rings. The molecule has 1 aromatic carbocycles. The number of benzene rings is 1. The van der Waals surface area contributed by atoms with Crippen molar-refractivity contribution in [3.8, 4) is 0 Å². The summed E-state index contributed by atoms with van der Waals surface area (Å²) < 4.78 is 39.1. The topological polar surface area (TPSA) is 97.1 Å². The monoisotopic (exact) mass is 392 g/mol. The van der Waals surface area contributed by atoms with Crippen molar-refractivity contribution >= 4 is 23.1 Å². The molecule has 1 atom stereocenters. The lowest BCUT2D eigenvalue weighted by atomic mass is 9.98. The van der Waals surface area contributed by atoms with E-state index in [1.807, 2.05) is 0 Å². The van der Waals surface area contributed by atoms with E-state index >= 15 is 0 Å². The molecule has 2 aromatic rings. The molecular formula is C19H19F3N4O2. The molecule has 9 heteroatoms. The predicted molar refractivity (Wildman–Crippen MR) is 96.6 cm³/mol. The molecule has 0 saturated heterocycles. The zero-order valence-corrected chi connectivity index (χ0v) is 14.8. The number of nitrogens with two attached hydrogens (primary N) is 1. The molecule has 3 rings (SSSR count). The van der Waals surface area contributed by atoms with Crippen LogP contribution in [0.5, 0.6) is 0 Å². The summed E-state index contributed by atoms with van der Waals surface area (Å²) in [5.74, 6) is -0.452. The maximum absolute atomic E-state index is 13.0. The van der Waals surface area contributed by atoms with Crippen LogP contribution < -0.4 is 16.4 Å². The molecule has 0 spiro atoms. The molecular weight excluding hydrogens is 373 g/mol. The van der Waals surface area contributed by atoms with E-state index in [1.54, 1.807) is 12.1 Å². The molecule has 1 saturated carbocycles. The molecule has 6 nitrogen and oxygen atoms in total. The maximum Gasteiger partial charge on any atom is 0.418 e. The number of carbonyl (C=O) groups is 2. The van der Waals surface area contributed by atoms with Gasteiger partial charge in [0.1, 0.15) is 11.3 Å². The van der Waals surface area contributed by atoms with Crippen LogP contribution in [0, 0.1) is 0 Å². The van der Waals surface area contributed by atoms with E-state index in [9.17, 15) is 22.8 Å². The van der Waals surface area contributed by atoms with Crippen molar-refractivity contribution < 1.29 is 22.8 Å². The Labute approximate surface area is 159 Å². The Morgan fingerprint density at radius 3 is 2.57 bits per heavy atom. The average Bonchev–Trinajstić information content (AvgIpc) is 3.00. The lowest BCUT2D eigenvalue weighted by molar-refractivity contribution is -0.137. The van der Waals surface area contributed by atoms with Gasteiger partial charge in [0, 0.05) is 12.8 Å². The summed E-state index contributed by atoms with van der Waals surface area (Å²) in [6, 6.07) is 8.31. The fourth-order valence-electron chi connectivity index (χ4n) is 3.03. The molecule has 1 aromatic heterocycles. The van der Waals surface area contributed by atoms with E-state index in [4.69, 9.17) is 5.73 Å². The number of rotatable bonds is 5. The first-order valence-electron chi connectivity index (χ1n) is 8.64. The lowest BCUT2D eigenvalue weighted by Crippen LogP contribution is -2.52. The van der Waals surface area contributed by atoms with Crippen molar-refractivity contribution in [3.63, 3.8) is 0 Å². The number of anilines is 2. The van der Waals surface area contributed by atoms with Crippen LogP contribution >= 0.6 is 0 Å². The highest BCUT2D eigenvalue weighted by molar-refractivity contribution is 5.95. The van der Waals surface area contributed by atoms with Gasteiger partial charge in [-0.25, -0.2) is 0 Å². The van der Waals surface area contributed by atoms with E-state index in [1.165, 1.54) is 24.4 Å². The molecule has 0 bridgehead atoms. The molecule has 1 unspecified atom stereocenters. The summed E-state index contributed by atoms with van der Waals surface area (Å²) in [5, 5.41) is 5.35. The van der Waals surface area contributed by atoms with Crippen molar-refractivity contribution in [2.75, 3.05) is 5.32 Å². The van der Waals surface area contributed by atoms with E-state index in [0.29, 0.717) is 24.2 Å². The van der Waals surface area contributed by atoms with Crippen molar-refractivity contribution in [1.82, 2.24) is 10.3 Å². The first kappa shape index (κ1) is 19.8. The molecule has 148 valence electrons. The van der Waals surface area contributed by atoms with Crippen LogP contribution in [-0.4, -0.2) is 22.2 Å². The summed E-state index contributed by atoms with van der Waals surface area (Å²) in [6.07, 6.45) is -2.46.